The highest BCUT2D eigenvalue weighted by Crippen LogP contribution is 2.15. The van der Waals surface area contributed by atoms with Crippen molar-refractivity contribution in [3.63, 3.8) is 0 Å². The van der Waals surface area contributed by atoms with Gasteiger partial charge < -0.3 is 10.1 Å². The van der Waals surface area contributed by atoms with E-state index in [1.165, 1.54) is 4.31 Å². The fourth-order valence-corrected chi connectivity index (χ4v) is 3.12. The van der Waals surface area contributed by atoms with Crippen molar-refractivity contribution in [2.75, 3.05) is 31.3 Å². The number of ether oxygens (including phenoxy) is 1. The molecular formula is C15H22N2O4S. The summed E-state index contributed by atoms with van der Waals surface area (Å²) < 4.78 is 30.3. The SMILES string of the molecule is Cc1ccc(NC(=O)CN(CC2CCCO2)S(C)(=O)=O)cc1. The van der Waals surface area contributed by atoms with Crippen LogP contribution in [0.1, 0.15) is 18.4 Å². The minimum atomic E-state index is -3.45. The number of hydrogen-bond acceptors (Lipinski definition) is 4. The highest BCUT2D eigenvalue weighted by atomic mass is 32.2. The predicted octanol–water partition coefficient (Wildman–Crippen LogP) is 1.37. The van der Waals surface area contributed by atoms with Gasteiger partial charge in [0.2, 0.25) is 15.9 Å². The van der Waals surface area contributed by atoms with Crippen molar-refractivity contribution in [3.05, 3.63) is 29.8 Å². The van der Waals surface area contributed by atoms with Gasteiger partial charge in [-0.15, -0.1) is 0 Å². The van der Waals surface area contributed by atoms with Crippen molar-refractivity contribution in [2.45, 2.75) is 25.9 Å². The van der Waals surface area contributed by atoms with Crippen LogP contribution in [0.5, 0.6) is 0 Å². The van der Waals surface area contributed by atoms with Crippen molar-refractivity contribution in [2.24, 2.45) is 0 Å². The van der Waals surface area contributed by atoms with Crippen LogP contribution >= 0.6 is 0 Å². The number of carbonyl (C=O) groups excluding carboxylic acids is 1. The van der Waals surface area contributed by atoms with Crippen LogP contribution in [0, 0.1) is 6.92 Å². The molecule has 0 radical (unpaired) electrons. The summed E-state index contributed by atoms with van der Waals surface area (Å²) in [4.78, 5) is 12.1. The number of amides is 1. The van der Waals surface area contributed by atoms with Crippen molar-refractivity contribution in [1.29, 1.82) is 0 Å². The van der Waals surface area contributed by atoms with Gasteiger partial charge >= 0.3 is 0 Å². The van der Waals surface area contributed by atoms with E-state index in [4.69, 9.17) is 4.74 Å². The molecule has 1 N–H and O–H groups in total. The lowest BCUT2D eigenvalue weighted by Gasteiger charge is -2.22. The molecule has 1 atom stereocenters. The maximum atomic E-state index is 12.1. The first kappa shape index (κ1) is 16.9. The first-order valence-corrected chi connectivity index (χ1v) is 9.12. The third-order valence-corrected chi connectivity index (χ3v) is 4.77. The van der Waals surface area contributed by atoms with Crippen molar-refractivity contribution < 1.29 is 17.9 Å². The van der Waals surface area contributed by atoms with Gasteiger partial charge in [-0.2, -0.15) is 4.31 Å². The van der Waals surface area contributed by atoms with Crippen LogP contribution in [0.15, 0.2) is 24.3 Å². The summed E-state index contributed by atoms with van der Waals surface area (Å²) in [5.41, 5.74) is 1.75. The number of nitrogens with zero attached hydrogens (tertiary/aromatic N) is 1. The zero-order valence-corrected chi connectivity index (χ0v) is 13.7. The molecule has 0 spiro atoms. The van der Waals surface area contributed by atoms with E-state index in [2.05, 4.69) is 5.32 Å². The van der Waals surface area contributed by atoms with Crippen LogP contribution in [0.4, 0.5) is 5.69 Å². The molecule has 122 valence electrons. The Morgan fingerprint density at radius 3 is 2.59 bits per heavy atom. The van der Waals surface area contributed by atoms with Crippen molar-refractivity contribution in [3.8, 4) is 0 Å². The van der Waals surface area contributed by atoms with Gasteiger partial charge in [0.1, 0.15) is 0 Å². The zero-order valence-electron chi connectivity index (χ0n) is 12.9. The molecule has 1 fully saturated rings. The molecule has 1 aromatic carbocycles. The number of aryl methyl sites for hydroxylation is 1. The number of hydrogen-bond donors (Lipinski definition) is 1. The molecule has 0 saturated carbocycles. The lowest BCUT2D eigenvalue weighted by molar-refractivity contribution is -0.116. The molecule has 1 aliphatic heterocycles. The normalized spacial score (nSPS) is 18.6. The first-order valence-electron chi connectivity index (χ1n) is 7.28. The molecule has 1 saturated heterocycles. The summed E-state index contributed by atoms with van der Waals surface area (Å²) in [6, 6.07) is 7.35. The number of nitrogens with one attached hydrogen (secondary N) is 1. The summed E-state index contributed by atoms with van der Waals surface area (Å²) >= 11 is 0. The van der Waals surface area contributed by atoms with Crippen LogP contribution in [-0.4, -0.2) is 50.7 Å². The molecule has 1 aliphatic rings. The van der Waals surface area contributed by atoms with Crippen molar-refractivity contribution >= 4 is 21.6 Å². The minimum Gasteiger partial charge on any atom is -0.377 e. The Balaban J connectivity index is 1.96. The Kier molecular flexibility index (Phi) is 5.55. The smallest absolute Gasteiger partial charge is 0.239 e. The monoisotopic (exact) mass is 326 g/mol. The number of benzene rings is 1. The lowest BCUT2D eigenvalue weighted by atomic mass is 10.2. The summed E-state index contributed by atoms with van der Waals surface area (Å²) in [5.74, 6) is -0.354. The molecule has 0 bridgehead atoms. The fraction of sp³-hybridized carbons (Fsp3) is 0.533. The largest absolute Gasteiger partial charge is 0.377 e. The molecule has 1 heterocycles. The van der Waals surface area contributed by atoms with Crippen LogP contribution in [0.3, 0.4) is 0 Å². The number of anilines is 1. The average Bonchev–Trinajstić information content (AvgIpc) is 2.92. The molecule has 0 aliphatic carbocycles. The minimum absolute atomic E-state index is 0.123. The van der Waals surface area contributed by atoms with Gasteiger partial charge in [0.15, 0.2) is 0 Å². The maximum Gasteiger partial charge on any atom is 0.239 e. The second kappa shape index (κ2) is 7.21. The molecule has 1 unspecified atom stereocenters. The third-order valence-electron chi connectivity index (χ3n) is 3.56. The standard InChI is InChI=1S/C15H22N2O4S/c1-12-5-7-13(8-6-12)16-15(18)11-17(22(2,19)20)10-14-4-3-9-21-14/h5-8,14H,3-4,9-11H2,1-2H3,(H,16,18). The van der Waals surface area contributed by atoms with Gasteiger partial charge in [0.25, 0.3) is 0 Å². The Morgan fingerprint density at radius 1 is 1.36 bits per heavy atom. The highest BCUT2D eigenvalue weighted by Gasteiger charge is 2.26. The van der Waals surface area contributed by atoms with E-state index < -0.39 is 10.0 Å². The number of rotatable bonds is 6. The van der Waals surface area contributed by atoms with E-state index in [1.807, 2.05) is 19.1 Å². The van der Waals surface area contributed by atoms with Gasteiger partial charge in [-0.1, -0.05) is 17.7 Å². The predicted molar refractivity (Wildman–Crippen MR) is 85.2 cm³/mol. The Labute approximate surface area is 131 Å². The van der Waals surface area contributed by atoms with Gasteiger partial charge in [-0.05, 0) is 31.9 Å². The second-order valence-corrected chi connectivity index (χ2v) is 7.59. The van der Waals surface area contributed by atoms with Crippen LogP contribution in [-0.2, 0) is 19.6 Å². The van der Waals surface area contributed by atoms with Crippen molar-refractivity contribution in [1.82, 2.24) is 4.31 Å². The summed E-state index contributed by atoms with van der Waals surface area (Å²) in [5, 5.41) is 2.71. The Bertz CT molecular complexity index is 607. The molecule has 22 heavy (non-hydrogen) atoms. The van der Waals surface area contributed by atoms with Crippen LogP contribution in [0.25, 0.3) is 0 Å². The molecule has 2 rings (SSSR count). The van der Waals surface area contributed by atoms with E-state index in [9.17, 15) is 13.2 Å². The Morgan fingerprint density at radius 2 is 2.05 bits per heavy atom. The van der Waals surface area contributed by atoms with Crippen LogP contribution in [0.2, 0.25) is 0 Å². The second-order valence-electron chi connectivity index (χ2n) is 5.60. The fourth-order valence-electron chi connectivity index (χ4n) is 2.33. The van der Waals surface area contributed by atoms with E-state index in [0.29, 0.717) is 12.3 Å². The third kappa shape index (κ3) is 5.08. The van der Waals surface area contributed by atoms with Gasteiger partial charge in [0.05, 0.1) is 18.9 Å². The van der Waals surface area contributed by atoms with Gasteiger partial charge in [0, 0.05) is 18.8 Å². The molecule has 7 heteroatoms. The maximum absolute atomic E-state index is 12.1. The number of sulfonamides is 1. The topological polar surface area (TPSA) is 75.7 Å². The van der Waals surface area contributed by atoms with E-state index in [1.54, 1.807) is 12.1 Å². The summed E-state index contributed by atoms with van der Waals surface area (Å²) in [6.07, 6.45) is 2.74. The highest BCUT2D eigenvalue weighted by molar-refractivity contribution is 7.88. The lowest BCUT2D eigenvalue weighted by Crippen LogP contribution is -2.41. The zero-order chi connectivity index (χ0) is 16.2. The molecule has 1 amide bonds. The van der Waals surface area contributed by atoms with E-state index >= 15 is 0 Å². The van der Waals surface area contributed by atoms with Gasteiger partial charge in [-0.25, -0.2) is 8.42 Å². The quantitative estimate of drug-likeness (QED) is 0.857. The summed E-state index contributed by atoms with van der Waals surface area (Å²) in [7, 11) is -3.45. The average molecular weight is 326 g/mol. The van der Waals surface area contributed by atoms with E-state index in [0.717, 1.165) is 24.7 Å². The van der Waals surface area contributed by atoms with E-state index in [-0.39, 0.29) is 25.1 Å². The molecular weight excluding hydrogens is 304 g/mol. The summed E-state index contributed by atoms with van der Waals surface area (Å²) in [6.45, 7) is 2.63. The molecule has 0 aromatic heterocycles. The number of carbonyl (C=O) groups is 1. The molecule has 1 aromatic rings. The van der Waals surface area contributed by atoms with Gasteiger partial charge in [-0.3, -0.25) is 4.79 Å². The molecule has 6 nitrogen and oxygen atoms in total. The van der Waals surface area contributed by atoms with Crippen LogP contribution < -0.4 is 5.32 Å². The first-order chi connectivity index (χ1) is 10.3. The Hall–Kier alpha value is -1.44.